The molecule has 4 N–H and O–H groups in total. The van der Waals surface area contributed by atoms with E-state index in [1.165, 1.54) is 24.3 Å². The Morgan fingerprint density at radius 3 is 1.35 bits per heavy atom. The SMILES string of the molecule is O=C(Nc1ccc(Oc2ccc(NC(=O)Oc3cccc(Cl)c3)cc2-c2cccc(O)c2)c(-c2cccc(O)c2)c1)Oc1cccc(Cl)c1. The number of hydrogen-bond donors (Lipinski definition) is 4. The summed E-state index contributed by atoms with van der Waals surface area (Å²) in [6.45, 7) is 0. The highest BCUT2D eigenvalue weighted by Gasteiger charge is 2.17. The van der Waals surface area contributed by atoms with Gasteiger partial charge in [-0.15, -0.1) is 0 Å². The van der Waals surface area contributed by atoms with Gasteiger partial charge in [0.15, 0.2) is 0 Å². The number of halogens is 2. The summed E-state index contributed by atoms with van der Waals surface area (Å²) in [4.78, 5) is 25.4. The molecule has 11 heteroatoms. The number of anilines is 2. The Hall–Kier alpha value is -6.16. The first kappa shape index (κ1) is 32.8. The van der Waals surface area contributed by atoms with Crippen LogP contribution >= 0.6 is 23.2 Å². The van der Waals surface area contributed by atoms with Crippen LogP contribution in [-0.4, -0.2) is 22.4 Å². The van der Waals surface area contributed by atoms with Crippen LogP contribution in [0.15, 0.2) is 133 Å². The zero-order chi connectivity index (χ0) is 34.3. The molecule has 6 aromatic carbocycles. The van der Waals surface area contributed by atoms with Gasteiger partial charge in [0, 0.05) is 32.5 Å². The normalized spacial score (nSPS) is 10.6. The molecule has 0 fully saturated rings. The fourth-order valence-electron chi connectivity index (χ4n) is 4.87. The highest BCUT2D eigenvalue weighted by Crippen LogP contribution is 2.41. The zero-order valence-corrected chi connectivity index (χ0v) is 26.9. The predicted molar refractivity (Wildman–Crippen MR) is 189 cm³/mol. The molecule has 0 aliphatic carbocycles. The van der Waals surface area contributed by atoms with Crippen LogP contribution in [0.4, 0.5) is 21.0 Å². The molecule has 244 valence electrons. The van der Waals surface area contributed by atoms with Crippen molar-refractivity contribution in [3.63, 3.8) is 0 Å². The van der Waals surface area contributed by atoms with E-state index in [4.69, 9.17) is 37.4 Å². The molecule has 0 unspecified atom stereocenters. The molecule has 0 aliphatic rings. The van der Waals surface area contributed by atoms with Gasteiger partial charge >= 0.3 is 12.2 Å². The second-order valence-electron chi connectivity index (χ2n) is 10.6. The Morgan fingerprint density at radius 2 is 0.939 bits per heavy atom. The smallest absolute Gasteiger partial charge is 0.417 e. The number of amides is 2. The molecular formula is C38H26Cl2N2O7. The minimum atomic E-state index is -0.735. The van der Waals surface area contributed by atoms with Crippen molar-refractivity contribution >= 4 is 46.8 Å². The maximum Gasteiger partial charge on any atom is 0.417 e. The van der Waals surface area contributed by atoms with Crippen molar-refractivity contribution in [1.82, 2.24) is 0 Å². The number of rotatable bonds is 8. The number of hydrogen-bond acceptors (Lipinski definition) is 7. The first-order chi connectivity index (χ1) is 23.7. The third kappa shape index (κ3) is 8.61. The van der Waals surface area contributed by atoms with Crippen LogP contribution in [-0.2, 0) is 0 Å². The summed E-state index contributed by atoms with van der Waals surface area (Å²) >= 11 is 12.0. The van der Waals surface area contributed by atoms with E-state index in [1.54, 1.807) is 109 Å². The number of nitrogens with one attached hydrogen (secondary N) is 2. The van der Waals surface area contributed by atoms with E-state index in [1.807, 2.05) is 0 Å². The van der Waals surface area contributed by atoms with Gasteiger partial charge in [0.2, 0.25) is 0 Å². The molecule has 49 heavy (non-hydrogen) atoms. The minimum absolute atomic E-state index is 0.0303. The molecule has 0 bridgehead atoms. The Labute approximate surface area is 290 Å². The number of carbonyl (C=O) groups excluding carboxylic acids is 2. The van der Waals surface area contributed by atoms with E-state index >= 15 is 0 Å². The summed E-state index contributed by atoms with van der Waals surface area (Å²) in [5.74, 6) is 1.36. The molecule has 0 saturated heterocycles. The lowest BCUT2D eigenvalue weighted by Gasteiger charge is -2.18. The second kappa shape index (κ2) is 14.7. The number of phenolic OH excluding ortho intramolecular Hbond substituents is 2. The van der Waals surface area contributed by atoms with Gasteiger partial charge in [0.05, 0.1) is 0 Å². The summed E-state index contributed by atoms with van der Waals surface area (Å²) in [6, 6.07) is 36.0. The summed E-state index contributed by atoms with van der Waals surface area (Å²) in [7, 11) is 0. The lowest BCUT2D eigenvalue weighted by atomic mass is 10.0. The molecule has 0 aromatic heterocycles. The Balaban J connectivity index is 1.32. The van der Waals surface area contributed by atoms with Gasteiger partial charge in [-0.05, 0) is 108 Å². The van der Waals surface area contributed by atoms with E-state index in [9.17, 15) is 19.8 Å². The molecule has 0 heterocycles. The lowest BCUT2D eigenvalue weighted by Crippen LogP contribution is -2.16. The first-order valence-electron chi connectivity index (χ1n) is 14.7. The van der Waals surface area contributed by atoms with Gasteiger partial charge < -0.3 is 24.4 Å². The zero-order valence-electron chi connectivity index (χ0n) is 25.4. The van der Waals surface area contributed by atoms with Crippen molar-refractivity contribution in [3.8, 4) is 56.8 Å². The van der Waals surface area contributed by atoms with Crippen LogP contribution < -0.4 is 24.8 Å². The van der Waals surface area contributed by atoms with Crippen molar-refractivity contribution in [1.29, 1.82) is 0 Å². The number of phenols is 2. The van der Waals surface area contributed by atoms with Gasteiger partial charge in [0.25, 0.3) is 0 Å². The van der Waals surface area contributed by atoms with Crippen LogP contribution in [0.3, 0.4) is 0 Å². The van der Waals surface area contributed by atoms with Gasteiger partial charge in [-0.3, -0.25) is 10.6 Å². The predicted octanol–water partition coefficient (Wildman–Crippen LogP) is 10.8. The Morgan fingerprint density at radius 1 is 0.510 bits per heavy atom. The molecule has 2 amide bonds. The topological polar surface area (TPSA) is 126 Å². The maximum absolute atomic E-state index is 12.7. The molecule has 0 spiro atoms. The van der Waals surface area contributed by atoms with Gasteiger partial charge in [-0.1, -0.05) is 59.6 Å². The van der Waals surface area contributed by atoms with Crippen molar-refractivity contribution in [2.24, 2.45) is 0 Å². The molecule has 0 atom stereocenters. The number of carbonyl (C=O) groups is 2. The van der Waals surface area contributed by atoms with E-state index in [0.29, 0.717) is 55.2 Å². The Kier molecular flexibility index (Phi) is 9.85. The van der Waals surface area contributed by atoms with E-state index < -0.39 is 12.2 Å². The third-order valence-electron chi connectivity index (χ3n) is 7.00. The van der Waals surface area contributed by atoms with Crippen molar-refractivity contribution in [2.75, 3.05) is 10.6 Å². The van der Waals surface area contributed by atoms with Gasteiger partial charge in [0.1, 0.15) is 34.5 Å². The van der Waals surface area contributed by atoms with Crippen LogP contribution in [0.5, 0.6) is 34.5 Å². The average Bonchev–Trinajstić information content (AvgIpc) is 3.06. The van der Waals surface area contributed by atoms with Crippen LogP contribution in [0.25, 0.3) is 22.3 Å². The summed E-state index contributed by atoms with van der Waals surface area (Å²) in [6.07, 6.45) is -1.47. The van der Waals surface area contributed by atoms with Crippen LogP contribution in [0, 0.1) is 0 Å². The summed E-state index contributed by atoms with van der Waals surface area (Å²) in [5.41, 5.74) is 3.05. The molecule has 6 rings (SSSR count). The largest absolute Gasteiger partial charge is 0.508 e. The quantitative estimate of drug-likeness (QED) is 0.125. The third-order valence-corrected chi connectivity index (χ3v) is 7.47. The van der Waals surface area contributed by atoms with Crippen molar-refractivity contribution in [3.05, 3.63) is 144 Å². The summed E-state index contributed by atoms with van der Waals surface area (Å²) < 4.78 is 17.2. The second-order valence-corrected chi connectivity index (χ2v) is 11.4. The first-order valence-corrected chi connectivity index (χ1v) is 15.5. The van der Waals surface area contributed by atoms with E-state index in [-0.39, 0.29) is 23.0 Å². The Bertz CT molecular complexity index is 2020. The minimum Gasteiger partial charge on any atom is -0.508 e. The highest BCUT2D eigenvalue weighted by molar-refractivity contribution is 6.31. The summed E-state index contributed by atoms with van der Waals surface area (Å²) in [5, 5.41) is 26.8. The number of benzene rings is 6. The van der Waals surface area contributed by atoms with Gasteiger partial charge in [-0.25, -0.2) is 9.59 Å². The number of aromatic hydroxyl groups is 2. The van der Waals surface area contributed by atoms with Crippen LogP contribution in [0.2, 0.25) is 10.0 Å². The maximum atomic E-state index is 12.7. The van der Waals surface area contributed by atoms with Gasteiger partial charge in [-0.2, -0.15) is 0 Å². The van der Waals surface area contributed by atoms with Crippen LogP contribution in [0.1, 0.15) is 0 Å². The lowest BCUT2D eigenvalue weighted by molar-refractivity contribution is 0.214. The molecule has 0 aliphatic heterocycles. The van der Waals surface area contributed by atoms with E-state index in [2.05, 4.69) is 10.6 Å². The number of ether oxygens (including phenoxy) is 3. The standard InChI is InChI=1S/C38H26Cl2N2O7/c39-25-7-3-11-31(19-25)47-37(45)41-27-13-15-35(33(21-27)23-5-1-9-29(43)17-23)49-36-16-14-28(22-34(36)24-6-2-10-30(44)18-24)42-38(46)48-32-12-4-8-26(40)20-32/h1-22,43-44H,(H,41,45)(H,42,46). The van der Waals surface area contributed by atoms with E-state index in [0.717, 1.165) is 0 Å². The highest BCUT2D eigenvalue weighted by atomic mass is 35.5. The van der Waals surface area contributed by atoms with Crippen molar-refractivity contribution in [2.45, 2.75) is 0 Å². The fourth-order valence-corrected chi connectivity index (χ4v) is 5.23. The molecule has 9 nitrogen and oxygen atoms in total. The van der Waals surface area contributed by atoms with Crippen molar-refractivity contribution < 1.29 is 34.0 Å². The monoisotopic (exact) mass is 692 g/mol. The molecule has 0 saturated carbocycles. The molecular weight excluding hydrogens is 667 g/mol. The molecule has 6 aromatic rings. The molecule has 0 radical (unpaired) electrons. The fraction of sp³-hybridized carbons (Fsp3) is 0. The average molecular weight is 694 g/mol.